The molecule has 0 nitrogen and oxygen atoms in total. The van der Waals surface area contributed by atoms with Crippen LogP contribution in [0.5, 0.6) is 0 Å². The minimum Gasteiger partial charge on any atom is -0.102 e. The summed E-state index contributed by atoms with van der Waals surface area (Å²) in [5, 5.41) is 0. The second-order valence-electron chi connectivity index (χ2n) is 9.37. The average Bonchev–Trinajstić information content (AvgIpc) is 2.73. The minimum atomic E-state index is 0.165. The highest BCUT2D eigenvalue weighted by Crippen LogP contribution is 2.39. The van der Waals surface area contributed by atoms with Gasteiger partial charge in [-0.1, -0.05) is 147 Å². The lowest BCUT2D eigenvalue weighted by Crippen LogP contribution is -2.26. The molecule has 1 aromatic carbocycles. The van der Waals surface area contributed by atoms with Gasteiger partial charge >= 0.3 is 0 Å². The molecule has 29 heavy (non-hydrogen) atoms. The Kier molecular flexibility index (Phi) is 15.0. The molecule has 1 radical (unpaired) electrons. The molecule has 0 N–H and O–H groups in total. The molecular formula is C29H49. The van der Waals surface area contributed by atoms with Crippen LogP contribution in [0.15, 0.2) is 43.0 Å². The lowest BCUT2D eigenvalue weighted by Gasteiger charge is -2.35. The monoisotopic (exact) mass is 397 g/mol. The van der Waals surface area contributed by atoms with E-state index in [4.69, 9.17) is 0 Å². The summed E-state index contributed by atoms with van der Waals surface area (Å²) in [6.07, 6.45) is 24.5. The first-order valence-corrected chi connectivity index (χ1v) is 12.6. The topological polar surface area (TPSA) is 0 Å². The van der Waals surface area contributed by atoms with Crippen LogP contribution in [0.3, 0.4) is 0 Å². The fourth-order valence-corrected chi connectivity index (χ4v) is 4.49. The summed E-state index contributed by atoms with van der Waals surface area (Å²) in [6, 6.07) is 10.9. The van der Waals surface area contributed by atoms with E-state index in [1.54, 1.807) is 0 Å². The number of allylic oxidation sites excluding steroid dienone is 1. The molecule has 0 aromatic heterocycles. The summed E-state index contributed by atoms with van der Waals surface area (Å²) in [7, 11) is 0. The van der Waals surface area contributed by atoms with Gasteiger partial charge in [-0.2, -0.15) is 0 Å². The van der Waals surface area contributed by atoms with Gasteiger partial charge in [-0.3, -0.25) is 0 Å². The third-order valence-corrected chi connectivity index (χ3v) is 6.73. The van der Waals surface area contributed by atoms with Crippen molar-refractivity contribution < 1.29 is 0 Å². The van der Waals surface area contributed by atoms with E-state index in [1.165, 1.54) is 108 Å². The van der Waals surface area contributed by atoms with E-state index in [-0.39, 0.29) is 5.41 Å². The SMILES string of the molecule is C=CC(CCCCCCCCCCCCCCCC)(Cc1ccccc1)[C](C)C. The first-order valence-electron chi connectivity index (χ1n) is 12.6. The van der Waals surface area contributed by atoms with Gasteiger partial charge in [-0.05, 0) is 29.7 Å². The van der Waals surface area contributed by atoms with Crippen molar-refractivity contribution in [3.8, 4) is 0 Å². The Bertz CT molecular complexity index is 486. The van der Waals surface area contributed by atoms with E-state index in [9.17, 15) is 0 Å². The van der Waals surface area contributed by atoms with Crippen molar-refractivity contribution in [1.82, 2.24) is 0 Å². The number of unbranched alkanes of at least 4 members (excludes halogenated alkanes) is 13. The zero-order valence-electron chi connectivity index (χ0n) is 20.0. The number of hydrogen-bond donors (Lipinski definition) is 0. The molecule has 0 aliphatic carbocycles. The van der Waals surface area contributed by atoms with E-state index in [1.807, 2.05) is 0 Å². The van der Waals surface area contributed by atoms with E-state index in [0.717, 1.165) is 6.42 Å². The summed E-state index contributed by atoms with van der Waals surface area (Å²) in [6.45, 7) is 11.1. The third-order valence-electron chi connectivity index (χ3n) is 6.73. The predicted molar refractivity (Wildman–Crippen MR) is 132 cm³/mol. The van der Waals surface area contributed by atoms with Crippen LogP contribution in [0.1, 0.15) is 123 Å². The summed E-state index contributed by atoms with van der Waals surface area (Å²) < 4.78 is 0. The number of rotatable bonds is 19. The molecular weight excluding hydrogens is 348 g/mol. The molecule has 1 atom stereocenters. The molecule has 1 aromatic rings. The molecule has 0 amide bonds. The summed E-state index contributed by atoms with van der Waals surface area (Å²) in [5.74, 6) is 1.51. The van der Waals surface area contributed by atoms with Crippen molar-refractivity contribution in [2.75, 3.05) is 0 Å². The van der Waals surface area contributed by atoms with Gasteiger partial charge in [0, 0.05) is 0 Å². The smallest absolute Gasteiger partial charge is 0.00240 e. The van der Waals surface area contributed by atoms with Crippen molar-refractivity contribution >= 4 is 0 Å². The Labute approximate surface area is 183 Å². The number of hydrogen-bond acceptors (Lipinski definition) is 0. The van der Waals surface area contributed by atoms with Crippen molar-refractivity contribution in [3.05, 3.63) is 54.5 Å². The average molecular weight is 398 g/mol. The first kappa shape index (κ1) is 26.0. The minimum absolute atomic E-state index is 0.165. The van der Waals surface area contributed by atoms with Crippen LogP contribution in [0, 0.1) is 11.3 Å². The van der Waals surface area contributed by atoms with Crippen molar-refractivity contribution in [3.63, 3.8) is 0 Å². The zero-order valence-corrected chi connectivity index (χ0v) is 20.0. The van der Waals surface area contributed by atoms with Crippen LogP contribution >= 0.6 is 0 Å². The van der Waals surface area contributed by atoms with Crippen LogP contribution in [-0.4, -0.2) is 0 Å². The quantitative estimate of drug-likeness (QED) is 0.161. The summed E-state index contributed by atoms with van der Waals surface area (Å²) >= 11 is 0. The Morgan fingerprint density at radius 1 is 0.724 bits per heavy atom. The second kappa shape index (κ2) is 16.7. The van der Waals surface area contributed by atoms with Gasteiger partial charge in [0.25, 0.3) is 0 Å². The summed E-state index contributed by atoms with van der Waals surface area (Å²) in [4.78, 5) is 0. The van der Waals surface area contributed by atoms with Gasteiger partial charge in [0.05, 0.1) is 0 Å². The van der Waals surface area contributed by atoms with Gasteiger partial charge in [-0.25, -0.2) is 0 Å². The van der Waals surface area contributed by atoms with Gasteiger partial charge in [0.15, 0.2) is 0 Å². The first-order chi connectivity index (χ1) is 14.1. The maximum absolute atomic E-state index is 4.21. The van der Waals surface area contributed by atoms with E-state index in [0.29, 0.717) is 0 Å². The van der Waals surface area contributed by atoms with Crippen LogP contribution < -0.4 is 0 Å². The fourth-order valence-electron chi connectivity index (χ4n) is 4.49. The van der Waals surface area contributed by atoms with Crippen molar-refractivity contribution in [1.29, 1.82) is 0 Å². The fraction of sp³-hybridized carbons (Fsp3) is 0.690. The molecule has 0 fully saturated rings. The second-order valence-corrected chi connectivity index (χ2v) is 9.37. The Hall–Kier alpha value is -1.04. The molecule has 0 aliphatic heterocycles. The highest BCUT2D eigenvalue weighted by atomic mass is 14.3. The zero-order chi connectivity index (χ0) is 21.2. The van der Waals surface area contributed by atoms with E-state index >= 15 is 0 Å². The van der Waals surface area contributed by atoms with Crippen LogP contribution in [0.4, 0.5) is 0 Å². The standard InChI is InChI=1S/C29H49/c1-5-7-8-9-10-11-12-13-14-15-16-17-18-22-25-29(6-2,27(3)4)26-28-23-20-19-21-24-28/h6,19-21,23-24H,2,5,7-18,22,25-26H2,1,3-4H3. The summed E-state index contributed by atoms with van der Waals surface area (Å²) in [5.41, 5.74) is 1.59. The molecule has 0 aliphatic rings. The third kappa shape index (κ3) is 11.7. The molecule has 1 rings (SSSR count). The molecule has 0 spiro atoms. The normalized spacial score (nSPS) is 13.5. The largest absolute Gasteiger partial charge is 0.102 e. The lowest BCUT2D eigenvalue weighted by atomic mass is 9.69. The molecule has 1 unspecified atom stereocenters. The lowest BCUT2D eigenvalue weighted by molar-refractivity contribution is 0.350. The predicted octanol–water partition coefficient (Wildman–Crippen LogP) is 9.89. The van der Waals surface area contributed by atoms with Gasteiger partial charge in [0.1, 0.15) is 0 Å². The van der Waals surface area contributed by atoms with Gasteiger partial charge < -0.3 is 0 Å². The van der Waals surface area contributed by atoms with Crippen molar-refractivity contribution in [2.45, 2.75) is 124 Å². The molecule has 0 heteroatoms. The van der Waals surface area contributed by atoms with Gasteiger partial charge in [0.2, 0.25) is 0 Å². The molecule has 0 heterocycles. The molecule has 0 saturated heterocycles. The van der Waals surface area contributed by atoms with Crippen LogP contribution in [0.25, 0.3) is 0 Å². The molecule has 165 valence electrons. The molecule has 0 saturated carbocycles. The Morgan fingerprint density at radius 3 is 1.59 bits per heavy atom. The van der Waals surface area contributed by atoms with Crippen molar-refractivity contribution in [2.24, 2.45) is 5.41 Å². The van der Waals surface area contributed by atoms with E-state index < -0.39 is 0 Å². The highest BCUT2D eigenvalue weighted by molar-refractivity contribution is 5.22. The molecule has 0 bridgehead atoms. The number of benzene rings is 1. The Morgan fingerprint density at radius 2 is 1.17 bits per heavy atom. The van der Waals surface area contributed by atoms with Crippen LogP contribution in [-0.2, 0) is 6.42 Å². The van der Waals surface area contributed by atoms with Gasteiger partial charge in [-0.15, -0.1) is 6.58 Å². The maximum Gasteiger partial charge on any atom is -0.00240 e. The van der Waals surface area contributed by atoms with Crippen LogP contribution in [0.2, 0.25) is 0 Å². The Balaban J connectivity index is 2.10. The van der Waals surface area contributed by atoms with E-state index in [2.05, 4.69) is 63.8 Å². The maximum atomic E-state index is 4.21. The highest BCUT2D eigenvalue weighted by Gasteiger charge is 2.30.